The molecule has 20 heavy (non-hydrogen) atoms. The van der Waals surface area contributed by atoms with Crippen LogP contribution in [0.4, 0.5) is 0 Å². The quantitative estimate of drug-likeness (QED) is 0.849. The van der Waals surface area contributed by atoms with Crippen LogP contribution in [0.5, 0.6) is 0 Å². The summed E-state index contributed by atoms with van der Waals surface area (Å²) in [6, 6.07) is 14.7. The third-order valence-electron chi connectivity index (χ3n) is 3.12. The molecule has 0 amide bonds. The van der Waals surface area contributed by atoms with Crippen molar-refractivity contribution in [2.45, 2.75) is 19.0 Å². The number of benzene rings is 1. The van der Waals surface area contributed by atoms with Gasteiger partial charge in [-0.15, -0.1) is 0 Å². The lowest BCUT2D eigenvalue weighted by Crippen LogP contribution is -2.32. The van der Waals surface area contributed by atoms with E-state index < -0.39 is 6.04 Å². The summed E-state index contributed by atoms with van der Waals surface area (Å²) >= 11 is 0. The van der Waals surface area contributed by atoms with E-state index in [0.29, 0.717) is 0 Å². The second kappa shape index (κ2) is 6.82. The van der Waals surface area contributed by atoms with Crippen molar-refractivity contribution in [3.63, 3.8) is 0 Å². The van der Waals surface area contributed by atoms with Crippen LogP contribution in [0.2, 0.25) is 0 Å². The van der Waals surface area contributed by atoms with E-state index in [4.69, 9.17) is 4.74 Å². The molecule has 0 fully saturated rings. The van der Waals surface area contributed by atoms with Gasteiger partial charge in [0.2, 0.25) is 0 Å². The van der Waals surface area contributed by atoms with Gasteiger partial charge in [0.25, 0.3) is 0 Å². The van der Waals surface area contributed by atoms with Crippen molar-refractivity contribution in [3.8, 4) is 0 Å². The van der Waals surface area contributed by atoms with Gasteiger partial charge in [0.15, 0.2) is 0 Å². The standard InChI is InChI=1S/C16H18N2O2/c1-12(14-10-6-7-11-17-14)18-15(16(19)20-2)13-8-4-3-5-9-13/h3-12,15,18H,1-2H3. The topological polar surface area (TPSA) is 51.2 Å². The van der Waals surface area contributed by atoms with Gasteiger partial charge < -0.3 is 4.74 Å². The van der Waals surface area contributed by atoms with Gasteiger partial charge in [-0.2, -0.15) is 0 Å². The fourth-order valence-electron chi connectivity index (χ4n) is 2.03. The van der Waals surface area contributed by atoms with Crippen LogP contribution in [0, 0.1) is 0 Å². The Balaban J connectivity index is 2.19. The summed E-state index contributed by atoms with van der Waals surface area (Å²) in [7, 11) is 1.39. The lowest BCUT2D eigenvalue weighted by Gasteiger charge is -2.21. The van der Waals surface area contributed by atoms with Gasteiger partial charge in [0.05, 0.1) is 12.8 Å². The van der Waals surface area contributed by atoms with Crippen LogP contribution < -0.4 is 5.32 Å². The number of rotatable bonds is 5. The van der Waals surface area contributed by atoms with Crippen molar-refractivity contribution in [2.75, 3.05) is 7.11 Å². The summed E-state index contributed by atoms with van der Waals surface area (Å²) in [5.41, 5.74) is 1.76. The Morgan fingerprint density at radius 2 is 1.85 bits per heavy atom. The lowest BCUT2D eigenvalue weighted by molar-refractivity contribution is -0.143. The molecule has 0 radical (unpaired) electrons. The van der Waals surface area contributed by atoms with Crippen LogP contribution in [-0.4, -0.2) is 18.1 Å². The molecule has 4 nitrogen and oxygen atoms in total. The zero-order valence-corrected chi connectivity index (χ0v) is 11.6. The van der Waals surface area contributed by atoms with Crippen LogP contribution >= 0.6 is 0 Å². The number of nitrogens with one attached hydrogen (secondary N) is 1. The fourth-order valence-corrected chi connectivity index (χ4v) is 2.03. The minimum absolute atomic E-state index is 0.0551. The van der Waals surface area contributed by atoms with Gasteiger partial charge in [0, 0.05) is 12.2 Å². The van der Waals surface area contributed by atoms with Gasteiger partial charge >= 0.3 is 5.97 Å². The van der Waals surface area contributed by atoms with E-state index in [9.17, 15) is 4.79 Å². The molecule has 1 N–H and O–H groups in total. The van der Waals surface area contributed by atoms with E-state index in [-0.39, 0.29) is 12.0 Å². The van der Waals surface area contributed by atoms with E-state index in [1.165, 1.54) is 7.11 Å². The molecular formula is C16H18N2O2. The average molecular weight is 270 g/mol. The van der Waals surface area contributed by atoms with Crippen LogP contribution in [0.15, 0.2) is 54.7 Å². The number of methoxy groups -OCH3 is 1. The zero-order chi connectivity index (χ0) is 14.4. The number of ether oxygens (including phenoxy) is 1. The molecule has 2 unspecified atom stereocenters. The highest BCUT2D eigenvalue weighted by molar-refractivity contribution is 5.77. The summed E-state index contributed by atoms with van der Waals surface area (Å²) in [5.74, 6) is -0.306. The van der Waals surface area contributed by atoms with Gasteiger partial charge in [-0.25, -0.2) is 4.79 Å². The third kappa shape index (κ3) is 3.42. The summed E-state index contributed by atoms with van der Waals surface area (Å²) < 4.78 is 4.88. The van der Waals surface area contributed by atoms with Crippen molar-refractivity contribution >= 4 is 5.97 Å². The lowest BCUT2D eigenvalue weighted by atomic mass is 10.1. The number of aromatic nitrogens is 1. The summed E-state index contributed by atoms with van der Waals surface area (Å²) in [6.07, 6.45) is 1.74. The molecule has 0 aliphatic carbocycles. The van der Waals surface area contributed by atoms with Crippen molar-refractivity contribution in [1.29, 1.82) is 0 Å². The Hall–Kier alpha value is -2.20. The molecule has 0 bridgehead atoms. The Morgan fingerprint density at radius 3 is 2.45 bits per heavy atom. The monoisotopic (exact) mass is 270 g/mol. The molecule has 0 spiro atoms. The number of pyridine rings is 1. The largest absolute Gasteiger partial charge is 0.468 e. The highest BCUT2D eigenvalue weighted by Gasteiger charge is 2.23. The Morgan fingerprint density at radius 1 is 1.15 bits per heavy atom. The Bertz CT molecular complexity index is 543. The van der Waals surface area contributed by atoms with Crippen molar-refractivity contribution in [2.24, 2.45) is 0 Å². The summed E-state index contributed by atoms with van der Waals surface area (Å²) in [6.45, 7) is 1.97. The SMILES string of the molecule is COC(=O)C(NC(C)c1ccccn1)c1ccccc1. The minimum atomic E-state index is -0.502. The van der Waals surface area contributed by atoms with Gasteiger partial charge in [-0.05, 0) is 24.6 Å². The molecule has 1 aromatic heterocycles. The molecule has 0 saturated carbocycles. The number of hydrogen-bond donors (Lipinski definition) is 1. The number of nitrogens with zero attached hydrogens (tertiary/aromatic N) is 1. The molecule has 0 aliphatic heterocycles. The second-order valence-corrected chi connectivity index (χ2v) is 4.51. The van der Waals surface area contributed by atoms with Crippen LogP contribution in [0.3, 0.4) is 0 Å². The fraction of sp³-hybridized carbons (Fsp3) is 0.250. The average Bonchev–Trinajstić information content (AvgIpc) is 2.53. The molecule has 104 valence electrons. The molecule has 0 saturated heterocycles. The van der Waals surface area contributed by atoms with Gasteiger partial charge in [-0.3, -0.25) is 10.3 Å². The van der Waals surface area contributed by atoms with Crippen LogP contribution in [0.25, 0.3) is 0 Å². The highest BCUT2D eigenvalue weighted by Crippen LogP contribution is 2.19. The predicted octanol–water partition coefficient (Wildman–Crippen LogP) is 2.65. The summed E-state index contributed by atoms with van der Waals surface area (Å²) in [4.78, 5) is 16.3. The predicted molar refractivity (Wildman–Crippen MR) is 77.0 cm³/mol. The van der Waals surface area contributed by atoms with E-state index in [1.807, 2.05) is 55.5 Å². The Labute approximate surface area is 118 Å². The first-order valence-electron chi connectivity index (χ1n) is 6.52. The third-order valence-corrected chi connectivity index (χ3v) is 3.12. The van der Waals surface area contributed by atoms with Crippen molar-refractivity contribution in [3.05, 3.63) is 66.0 Å². The maximum absolute atomic E-state index is 12.0. The van der Waals surface area contributed by atoms with E-state index in [1.54, 1.807) is 6.20 Å². The van der Waals surface area contributed by atoms with E-state index in [2.05, 4.69) is 10.3 Å². The zero-order valence-electron chi connectivity index (χ0n) is 11.6. The second-order valence-electron chi connectivity index (χ2n) is 4.51. The number of esters is 1. The molecule has 2 rings (SSSR count). The number of carbonyl (C=O) groups excluding carboxylic acids is 1. The molecule has 0 aliphatic rings. The minimum Gasteiger partial charge on any atom is -0.468 e. The Kier molecular flexibility index (Phi) is 4.85. The van der Waals surface area contributed by atoms with Crippen molar-refractivity contribution in [1.82, 2.24) is 10.3 Å². The van der Waals surface area contributed by atoms with E-state index >= 15 is 0 Å². The maximum Gasteiger partial charge on any atom is 0.327 e. The van der Waals surface area contributed by atoms with Gasteiger partial charge in [-0.1, -0.05) is 36.4 Å². The maximum atomic E-state index is 12.0. The van der Waals surface area contributed by atoms with Gasteiger partial charge in [0.1, 0.15) is 6.04 Å². The first kappa shape index (κ1) is 14.2. The van der Waals surface area contributed by atoms with E-state index in [0.717, 1.165) is 11.3 Å². The molecule has 2 atom stereocenters. The molecule has 1 aromatic carbocycles. The smallest absolute Gasteiger partial charge is 0.327 e. The van der Waals surface area contributed by atoms with Crippen molar-refractivity contribution < 1.29 is 9.53 Å². The molecule has 4 heteroatoms. The number of hydrogen-bond acceptors (Lipinski definition) is 4. The van der Waals surface area contributed by atoms with Crippen LogP contribution in [0.1, 0.15) is 30.3 Å². The highest BCUT2D eigenvalue weighted by atomic mass is 16.5. The van der Waals surface area contributed by atoms with Crippen LogP contribution in [-0.2, 0) is 9.53 Å². The normalized spacial score (nSPS) is 13.5. The summed E-state index contributed by atoms with van der Waals surface area (Å²) in [5, 5.41) is 3.26. The number of carbonyl (C=O) groups is 1. The first-order chi connectivity index (χ1) is 9.72. The first-order valence-corrected chi connectivity index (χ1v) is 6.52. The molecular weight excluding hydrogens is 252 g/mol. The molecule has 2 aromatic rings. The molecule has 1 heterocycles.